The number of carbonyl (C=O) groups excluding carboxylic acids is 1. The highest BCUT2D eigenvalue weighted by atomic mass is 35.5. The molecule has 1 fully saturated rings. The van der Waals surface area contributed by atoms with Gasteiger partial charge in [0.25, 0.3) is 0 Å². The van der Waals surface area contributed by atoms with Crippen molar-refractivity contribution in [3.8, 4) is 16.8 Å². The van der Waals surface area contributed by atoms with Gasteiger partial charge in [-0.3, -0.25) is 5.32 Å². The first kappa shape index (κ1) is 23.2. The van der Waals surface area contributed by atoms with Crippen LogP contribution in [0.1, 0.15) is 50.3 Å². The number of aromatic nitrogens is 2. The Morgan fingerprint density at radius 1 is 1.03 bits per heavy atom. The fourth-order valence-corrected chi connectivity index (χ4v) is 4.86. The largest absolute Gasteiger partial charge is 0.441 e. The van der Waals surface area contributed by atoms with E-state index in [0.29, 0.717) is 16.3 Å². The van der Waals surface area contributed by atoms with Crippen LogP contribution in [0.4, 0.5) is 10.6 Å². The highest BCUT2D eigenvalue weighted by Crippen LogP contribution is 2.51. The molecule has 0 bridgehead atoms. The molecule has 0 unspecified atom stereocenters. The lowest BCUT2D eigenvalue weighted by Crippen LogP contribution is -2.18. The molecule has 0 saturated heterocycles. The zero-order valence-corrected chi connectivity index (χ0v) is 20.6. The molecule has 6 heteroatoms. The van der Waals surface area contributed by atoms with Gasteiger partial charge in [0.1, 0.15) is 11.9 Å². The Morgan fingerprint density at radius 3 is 2.31 bits per heavy atom. The Balaban J connectivity index is 1.27. The molecule has 0 radical (unpaired) electrons. The molecular formula is C29H28ClN3O2. The molecule has 3 aromatic carbocycles. The summed E-state index contributed by atoms with van der Waals surface area (Å²) in [5, 5.41) is 7.72. The molecule has 178 valence electrons. The number of hydrogen-bond acceptors (Lipinski definition) is 3. The number of nitrogens with one attached hydrogen (secondary N) is 1. The summed E-state index contributed by atoms with van der Waals surface area (Å²) in [6, 6.07) is 26.1. The van der Waals surface area contributed by atoms with E-state index in [0.717, 1.165) is 16.8 Å². The molecule has 1 N–H and O–H groups in total. The Hall–Kier alpha value is -3.57. The van der Waals surface area contributed by atoms with Crippen LogP contribution in [-0.4, -0.2) is 15.9 Å². The van der Waals surface area contributed by atoms with Crippen LogP contribution in [0.25, 0.3) is 16.8 Å². The molecule has 0 aliphatic heterocycles. The second-order valence-electron chi connectivity index (χ2n) is 9.08. The minimum Gasteiger partial charge on any atom is -0.441 e. The molecule has 5 nitrogen and oxygen atoms in total. The lowest BCUT2D eigenvalue weighted by Gasteiger charge is -2.16. The van der Waals surface area contributed by atoms with Crippen LogP contribution in [0, 0.1) is 0 Å². The molecule has 1 heterocycles. The van der Waals surface area contributed by atoms with E-state index >= 15 is 0 Å². The maximum absolute atomic E-state index is 12.5. The fourth-order valence-electron chi connectivity index (χ4n) is 4.58. The third-order valence-electron chi connectivity index (χ3n) is 6.97. The van der Waals surface area contributed by atoms with E-state index in [1.54, 1.807) is 29.9 Å². The average Bonchev–Trinajstić information content (AvgIpc) is 3.56. The van der Waals surface area contributed by atoms with Crippen molar-refractivity contribution in [3.05, 3.63) is 101 Å². The summed E-state index contributed by atoms with van der Waals surface area (Å²) in [4.78, 5) is 12.5. The maximum Gasteiger partial charge on any atom is 0.413 e. The summed E-state index contributed by atoms with van der Waals surface area (Å²) in [5.74, 6) is 0.521. The van der Waals surface area contributed by atoms with Crippen LogP contribution in [-0.2, 0) is 10.2 Å². The number of anilines is 1. The highest BCUT2D eigenvalue weighted by molar-refractivity contribution is 6.31. The van der Waals surface area contributed by atoms with Crippen molar-refractivity contribution in [2.24, 2.45) is 0 Å². The van der Waals surface area contributed by atoms with Gasteiger partial charge in [0.05, 0.1) is 11.9 Å². The number of halogens is 1. The zero-order valence-electron chi connectivity index (χ0n) is 19.9. The van der Waals surface area contributed by atoms with Crippen molar-refractivity contribution >= 4 is 23.5 Å². The second-order valence-corrected chi connectivity index (χ2v) is 9.49. The number of amides is 1. The van der Waals surface area contributed by atoms with Crippen LogP contribution in [0.2, 0.25) is 5.02 Å². The summed E-state index contributed by atoms with van der Waals surface area (Å²) < 4.78 is 7.20. The number of nitrogens with zero attached hydrogens (tertiary/aromatic N) is 2. The molecule has 4 aromatic rings. The zero-order chi connectivity index (χ0) is 24.4. The third-order valence-corrected chi connectivity index (χ3v) is 7.32. The van der Waals surface area contributed by atoms with Gasteiger partial charge in [-0.15, -0.1) is 0 Å². The van der Waals surface area contributed by atoms with E-state index in [1.165, 1.54) is 30.4 Å². The van der Waals surface area contributed by atoms with E-state index in [1.807, 2.05) is 30.3 Å². The van der Waals surface area contributed by atoms with Gasteiger partial charge in [0, 0.05) is 16.7 Å². The fraction of sp³-hybridized carbons (Fsp3) is 0.241. The molecular weight excluding hydrogens is 458 g/mol. The molecule has 1 saturated carbocycles. The molecule has 1 aliphatic carbocycles. The predicted molar refractivity (Wildman–Crippen MR) is 140 cm³/mol. The van der Waals surface area contributed by atoms with E-state index in [2.05, 4.69) is 53.7 Å². The number of benzene rings is 3. The van der Waals surface area contributed by atoms with E-state index in [-0.39, 0.29) is 0 Å². The summed E-state index contributed by atoms with van der Waals surface area (Å²) in [7, 11) is 0. The normalized spacial score (nSPS) is 14.8. The van der Waals surface area contributed by atoms with Crippen molar-refractivity contribution in [1.82, 2.24) is 9.78 Å². The van der Waals surface area contributed by atoms with Gasteiger partial charge in [-0.2, -0.15) is 5.10 Å². The predicted octanol–water partition coefficient (Wildman–Crippen LogP) is 7.94. The first-order valence-electron chi connectivity index (χ1n) is 12.0. The lowest BCUT2D eigenvalue weighted by molar-refractivity contribution is 0.121. The van der Waals surface area contributed by atoms with Gasteiger partial charge >= 0.3 is 6.09 Å². The topological polar surface area (TPSA) is 56.2 Å². The van der Waals surface area contributed by atoms with Crippen LogP contribution >= 0.6 is 11.6 Å². The van der Waals surface area contributed by atoms with Gasteiger partial charge in [-0.1, -0.05) is 73.1 Å². The Bertz CT molecular complexity index is 1320. The summed E-state index contributed by atoms with van der Waals surface area (Å²) >= 11 is 6.22. The first-order valence-corrected chi connectivity index (χ1v) is 12.3. The first-order chi connectivity index (χ1) is 17.0. The Labute approximate surface area is 210 Å². The molecule has 1 amide bonds. The van der Waals surface area contributed by atoms with Crippen molar-refractivity contribution < 1.29 is 9.53 Å². The molecule has 1 aliphatic rings. The van der Waals surface area contributed by atoms with Crippen molar-refractivity contribution in [1.29, 1.82) is 0 Å². The molecule has 0 spiro atoms. The van der Waals surface area contributed by atoms with Crippen LogP contribution in [0.5, 0.6) is 0 Å². The van der Waals surface area contributed by atoms with Crippen molar-refractivity contribution in [2.45, 2.75) is 44.6 Å². The lowest BCUT2D eigenvalue weighted by atomic mass is 9.91. The number of carbonyl (C=O) groups is 1. The van der Waals surface area contributed by atoms with Crippen molar-refractivity contribution in [3.63, 3.8) is 0 Å². The number of rotatable bonds is 7. The van der Waals surface area contributed by atoms with Crippen LogP contribution in [0.3, 0.4) is 0 Å². The van der Waals surface area contributed by atoms with Gasteiger partial charge in [-0.25, -0.2) is 9.48 Å². The Kier molecular flexibility index (Phi) is 6.35. The minimum absolute atomic E-state index is 0.415. The molecule has 35 heavy (non-hydrogen) atoms. The quantitative estimate of drug-likeness (QED) is 0.289. The minimum atomic E-state index is -0.573. The highest BCUT2D eigenvalue weighted by Gasteiger charge is 2.41. The van der Waals surface area contributed by atoms with Gasteiger partial charge in [0.2, 0.25) is 0 Å². The number of hydrogen-bond donors (Lipinski definition) is 1. The van der Waals surface area contributed by atoms with E-state index in [4.69, 9.17) is 16.3 Å². The molecule has 5 rings (SSSR count). The molecule has 1 aromatic heterocycles. The third kappa shape index (κ3) is 4.82. The van der Waals surface area contributed by atoms with E-state index in [9.17, 15) is 4.79 Å². The molecule has 1 atom stereocenters. The van der Waals surface area contributed by atoms with Gasteiger partial charge in [0.15, 0.2) is 0 Å². The maximum atomic E-state index is 12.5. The standard InChI is InChI=1S/C29H28ClN3O2/c1-3-29(17-18-29)23-12-8-21(9-13-23)22-10-14-24(15-11-22)33-27(16-19-31-33)32-28(34)35-20(2)25-6-4-5-7-26(25)30/h4-16,19-20H,3,17-18H2,1-2H3,(H,32,34)/t20-/m1/s1. The smallest absolute Gasteiger partial charge is 0.413 e. The second kappa shape index (κ2) is 9.59. The van der Waals surface area contributed by atoms with Gasteiger partial charge in [-0.05, 0) is 66.5 Å². The van der Waals surface area contributed by atoms with Gasteiger partial charge < -0.3 is 4.74 Å². The van der Waals surface area contributed by atoms with Crippen molar-refractivity contribution in [2.75, 3.05) is 5.32 Å². The van der Waals surface area contributed by atoms with Crippen LogP contribution in [0.15, 0.2) is 85.1 Å². The SMILES string of the molecule is CCC1(c2ccc(-c3ccc(-n4nccc4NC(=O)O[C@H](C)c4ccccc4Cl)cc3)cc2)CC1. The summed E-state index contributed by atoms with van der Waals surface area (Å²) in [6.45, 7) is 4.06. The average molecular weight is 486 g/mol. The summed E-state index contributed by atoms with van der Waals surface area (Å²) in [6.07, 6.45) is 4.37. The van der Waals surface area contributed by atoms with Crippen LogP contribution < -0.4 is 5.32 Å². The van der Waals surface area contributed by atoms with E-state index < -0.39 is 12.2 Å². The summed E-state index contributed by atoms with van der Waals surface area (Å²) in [5.41, 5.74) is 5.78. The Morgan fingerprint density at radius 2 is 1.69 bits per heavy atom. The number of ether oxygens (including phenoxy) is 1. The monoisotopic (exact) mass is 485 g/mol.